The predicted molar refractivity (Wildman–Crippen MR) is 126 cm³/mol. The van der Waals surface area contributed by atoms with Crippen molar-refractivity contribution in [2.24, 2.45) is 5.92 Å². The summed E-state index contributed by atoms with van der Waals surface area (Å²) in [5.41, 5.74) is 2.38. The molecule has 4 rings (SSSR count). The summed E-state index contributed by atoms with van der Waals surface area (Å²) in [6.07, 6.45) is 6.04. The second-order valence-electron chi connectivity index (χ2n) is 9.43. The lowest BCUT2D eigenvalue weighted by Gasteiger charge is -2.37. The van der Waals surface area contributed by atoms with Crippen LogP contribution < -0.4 is 4.72 Å². The molecule has 2 saturated heterocycles. The Morgan fingerprint density at radius 1 is 1.00 bits per heavy atom. The van der Waals surface area contributed by atoms with Crippen LogP contribution in [0.3, 0.4) is 0 Å². The number of carbonyl (C=O) groups excluding carboxylic acids is 1. The highest BCUT2D eigenvalue weighted by Gasteiger charge is 2.32. The van der Waals surface area contributed by atoms with E-state index in [4.69, 9.17) is 0 Å². The minimum atomic E-state index is -3.56. The van der Waals surface area contributed by atoms with Crippen LogP contribution in [-0.4, -0.2) is 95.5 Å². The van der Waals surface area contributed by atoms with Crippen molar-refractivity contribution in [3.63, 3.8) is 0 Å². The number of piperidine rings is 1. The van der Waals surface area contributed by atoms with E-state index < -0.39 is 20.0 Å². The Morgan fingerprint density at radius 3 is 2.45 bits per heavy atom. The van der Waals surface area contributed by atoms with Crippen LogP contribution >= 0.6 is 0 Å². The molecule has 184 valence electrons. The summed E-state index contributed by atoms with van der Waals surface area (Å²) in [6.45, 7) is 3.54. The van der Waals surface area contributed by atoms with Gasteiger partial charge in [-0.3, -0.25) is 9.69 Å². The van der Waals surface area contributed by atoms with Gasteiger partial charge in [0.25, 0.3) is 0 Å². The lowest BCUT2D eigenvalue weighted by atomic mass is 9.98. The first-order valence-corrected chi connectivity index (χ1v) is 15.0. The first-order chi connectivity index (χ1) is 15.6. The van der Waals surface area contributed by atoms with Crippen molar-refractivity contribution in [2.45, 2.75) is 37.0 Å². The molecule has 1 aliphatic carbocycles. The van der Waals surface area contributed by atoms with Crippen molar-refractivity contribution in [2.75, 3.05) is 58.6 Å². The molecule has 0 spiro atoms. The highest BCUT2D eigenvalue weighted by molar-refractivity contribution is 7.89. The second kappa shape index (κ2) is 9.99. The van der Waals surface area contributed by atoms with Gasteiger partial charge in [-0.05, 0) is 67.8 Å². The molecule has 1 atom stereocenters. The van der Waals surface area contributed by atoms with E-state index in [0.717, 1.165) is 50.5 Å². The van der Waals surface area contributed by atoms with Crippen molar-refractivity contribution in [1.82, 2.24) is 18.8 Å². The molecule has 11 heteroatoms. The Hall–Kier alpha value is -1.53. The maximum absolute atomic E-state index is 13.1. The molecule has 1 unspecified atom stereocenters. The van der Waals surface area contributed by atoms with E-state index in [1.165, 1.54) is 9.87 Å². The zero-order chi connectivity index (χ0) is 23.6. The van der Waals surface area contributed by atoms with Crippen LogP contribution in [0.4, 0.5) is 0 Å². The Labute approximate surface area is 197 Å². The number of nitrogens with zero attached hydrogens (tertiary/aromatic N) is 3. The maximum Gasteiger partial charge on any atom is 0.243 e. The van der Waals surface area contributed by atoms with Gasteiger partial charge in [-0.25, -0.2) is 21.6 Å². The van der Waals surface area contributed by atoms with Crippen molar-refractivity contribution >= 4 is 26.0 Å². The smallest absolute Gasteiger partial charge is 0.243 e. The molecule has 2 fully saturated rings. The van der Waals surface area contributed by atoms with Crippen molar-refractivity contribution in [3.05, 3.63) is 29.3 Å². The number of carbonyl (C=O) groups is 1. The fourth-order valence-electron chi connectivity index (χ4n) is 5.06. The first-order valence-electron chi connectivity index (χ1n) is 11.7. The van der Waals surface area contributed by atoms with E-state index in [2.05, 4.69) is 9.62 Å². The molecule has 0 aromatic heterocycles. The van der Waals surface area contributed by atoms with E-state index in [9.17, 15) is 21.6 Å². The Morgan fingerprint density at radius 2 is 1.73 bits per heavy atom. The Bertz CT molecular complexity index is 1080. The summed E-state index contributed by atoms with van der Waals surface area (Å²) in [7, 11) is -6.78. The normalized spacial score (nSPS) is 22.9. The summed E-state index contributed by atoms with van der Waals surface area (Å²) in [6, 6.07) is 5.47. The maximum atomic E-state index is 13.1. The lowest BCUT2D eigenvalue weighted by molar-refractivity contribution is -0.134. The van der Waals surface area contributed by atoms with Gasteiger partial charge in [0.2, 0.25) is 26.0 Å². The van der Waals surface area contributed by atoms with Gasteiger partial charge in [0.15, 0.2) is 0 Å². The molecule has 1 amide bonds. The summed E-state index contributed by atoms with van der Waals surface area (Å²) < 4.78 is 53.0. The molecule has 0 bridgehead atoms. The fraction of sp³-hybridized carbons (Fsp3) is 0.682. The molecule has 3 aliphatic rings. The summed E-state index contributed by atoms with van der Waals surface area (Å²) in [5.74, 6) is 0.192. The summed E-state index contributed by atoms with van der Waals surface area (Å²) >= 11 is 0. The van der Waals surface area contributed by atoms with Gasteiger partial charge in [-0.2, -0.15) is 4.31 Å². The quantitative estimate of drug-likeness (QED) is 0.578. The Balaban J connectivity index is 1.28. The molecule has 0 radical (unpaired) electrons. The third-order valence-electron chi connectivity index (χ3n) is 6.90. The summed E-state index contributed by atoms with van der Waals surface area (Å²) in [5, 5.41) is 0. The summed E-state index contributed by atoms with van der Waals surface area (Å²) in [4.78, 5) is 17.0. The van der Waals surface area contributed by atoms with Gasteiger partial charge in [-0.1, -0.05) is 6.07 Å². The van der Waals surface area contributed by atoms with Gasteiger partial charge in [0.05, 0.1) is 17.7 Å². The number of fused-ring (bicyclic) bond motifs is 1. The van der Waals surface area contributed by atoms with E-state index in [-0.39, 0.29) is 18.4 Å². The molecule has 1 N–H and O–H groups in total. The van der Waals surface area contributed by atoms with Gasteiger partial charge in [0.1, 0.15) is 0 Å². The molecular formula is C22H34N4O5S2. The molecule has 9 nitrogen and oxygen atoms in total. The highest BCUT2D eigenvalue weighted by Crippen LogP contribution is 2.27. The van der Waals surface area contributed by atoms with Crippen LogP contribution in [0.5, 0.6) is 0 Å². The molecule has 2 heterocycles. The minimum absolute atomic E-state index is 0.00120. The number of rotatable bonds is 7. The number of aryl methyl sites for hydroxylation is 2. The third kappa shape index (κ3) is 6.13. The van der Waals surface area contributed by atoms with Crippen LogP contribution in [0.2, 0.25) is 0 Å². The minimum Gasteiger partial charge on any atom is -0.339 e. The largest absolute Gasteiger partial charge is 0.339 e. The van der Waals surface area contributed by atoms with Crippen molar-refractivity contribution in [3.8, 4) is 0 Å². The van der Waals surface area contributed by atoms with Crippen LogP contribution in [0.15, 0.2) is 23.1 Å². The first kappa shape index (κ1) is 24.6. The average Bonchev–Trinajstić information content (AvgIpc) is 3.25. The standard InChI is InChI=1S/C22H34N4O5S2/c1-32(28,29)23-15-18-4-3-9-24(16-18)17-22(27)25-10-12-26(13-11-25)33(30,31)21-8-7-19-5-2-6-20(19)14-21/h7-8,14,18,23H,2-6,9-13,15-17H2,1H3. The van der Waals surface area contributed by atoms with E-state index >= 15 is 0 Å². The number of nitrogens with one attached hydrogen (secondary N) is 1. The topological polar surface area (TPSA) is 107 Å². The number of amides is 1. The lowest BCUT2D eigenvalue weighted by Crippen LogP contribution is -2.53. The molecule has 0 saturated carbocycles. The second-order valence-corrected chi connectivity index (χ2v) is 13.2. The predicted octanol–water partition coefficient (Wildman–Crippen LogP) is 0.269. The molecular weight excluding hydrogens is 464 g/mol. The van der Waals surface area contributed by atoms with Crippen LogP contribution in [0.25, 0.3) is 0 Å². The fourth-order valence-corrected chi connectivity index (χ4v) is 7.07. The van der Waals surface area contributed by atoms with Crippen molar-refractivity contribution < 1.29 is 21.6 Å². The molecule has 2 aliphatic heterocycles. The van der Waals surface area contributed by atoms with Gasteiger partial charge in [-0.15, -0.1) is 0 Å². The van der Waals surface area contributed by atoms with Crippen LogP contribution in [0.1, 0.15) is 30.4 Å². The number of hydrogen-bond acceptors (Lipinski definition) is 6. The van der Waals surface area contributed by atoms with Gasteiger partial charge < -0.3 is 4.90 Å². The zero-order valence-corrected chi connectivity index (χ0v) is 20.8. The van der Waals surface area contributed by atoms with Crippen molar-refractivity contribution in [1.29, 1.82) is 0 Å². The Kier molecular flexibility index (Phi) is 7.44. The number of benzene rings is 1. The third-order valence-corrected chi connectivity index (χ3v) is 9.48. The number of piperazine rings is 1. The monoisotopic (exact) mass is 498 g/mol. The molecule has 1 aromatic rings. The van der Waals surface area contributed by atoms with Crippen LogP contribution in [-0.2, 0) is 37.7 Å². The molecule has 1 aromatic carbocycles. The number of hydrogen-bond donors (Lipinski definition) is 1. The average molecular weight is 499 g/mol. The SMILES string of the molecule is CS(=O)(=O)NCC1CCCN(CC(=O)N2CCN(S(=O)(=O)c3ccc4c(c3)CCC4)CC2)C1. The van der Waals surface area contributed by atoms with Gasteiger partial charge in [0, 0.05) is 39.3 Å². The van der Waals surface area contributed by atoms with E-state index in [0.29, 0.717) is 44.2 Å². The van der Waals surface area contributed by atoms with E-state index in [1.807, 2.05) is 12.1 Å². The van der Waals surface area contributed by atoms with Gasteiger partial charge >= 0.3 is 0 Å². The van der Waals surface area contributed by atoms with E-state index in [1.54, 1.807) is 11.0 Å². The zero-order valence-electron chi connectivity index (χ0n) is 19.2. The number of sulfonamides is 2. The highest BCUT2D eigenvalue weighted by atomic mass is 32.2. The molecule has 33 heavy (non-hydrogen) atoms. The number of likely N-dealkylation sites (tertiary alicyclic amines) is 1. The van der Waals surface area contributed by atoms with Crippen LogP contribution in [0, 0.1) is 5.92 Å².